The molecule has 2 fully saturated rings. The molecule has 0 heterocycles. The molecule has 2 rings (SSSR count). The minimum Gasteiger partial charge on any atom is -0.393 e. The van der Waals surface area contributed by atoms with Crippen molar-refractivity contribution in [1.29, 1.82) is 0 Å². The number of rotatable bonds is 5. The van der Waals surface area contributed by atoms with Crippen molar-refractivity contribution in [2.75, 3.05) is 6.54 Å². The van der Waals surface area contributed by atoms with Crippen LogP contribution in [0.5, 0.6) is 0 Å². The van der Waals surface area contributed by atoms with Crippen LogP contribution in [0.3, 0.4) is 0 Å². The highest BCUT2D eigenvalue weighted by atomic mass is 32.1. The third-order valence-corrected chi connectivity index (χ3v) is 4.03. The quantitative estimate of drug-likeness (QED) is 0.765. The van der Waals surface area contributed by atoms with Crippen molar-refractivity contribution in [3.05, 3.63) is 0 Å². The second-order valence-electron chi connectivity index (χ2n) is 5.31. The van der Waals surface area contributed by atoms with E-state index in [1.165, 1.54) is 19.3 Å². The first-order chi connectivity index (χ1) is 8.18. The van der Waals surface area contributed by atoms with Crippen LogP contribution in [0.2, 0.25) is 0 Å². The fourth-order valence-corrected chi connectivity index (χ4v) is 2.76. The molecular formula is C13H22N2OS. The van der Waals surface area contributed by atoms with Gasteiger partial charge < -0.3 is 10.6 Å². The first-order valence-corrected chi connectivity index (χ1v) is 7.18. The molecule has 0 aliphatic heterocycles. The molecule has 2 aliphatic rings. The predicted molar refractivity (Wildman–Crippen MR) is 72.7 cm³/mol. The van der Waals surface area contributed by atoms with Gasteiger partial charge in [-0.2, -0.15) is 0 Å². The summed E-state index contributed by atoms with van der Waals surface area (Å²) in [7, 11) is 0. The zero-order valence-electron chi connectivity index (χ0n) is 10.4. The summed E-state index contributed by atoms with van der Waals surface area (Å²) in [5, 5.41) is 0. The van der Waals surface area contributed by atoms with Gasteiger partial charge in [0.1, 0.15) is 0 Å². The number of nitrogens with zero attached hydrogens (tertiary/aromatic N) is 1. The summed E-state index contributed by atoms with van der Waals surface area (Å²) in [5.74, 6) is 0.638. The molecule has 0 saturated heterocycles. The number of nitrogens with two attached hydrogens (primary N) is 1. The first kappa shape index (κ1) is 12.8. The molecular weight excluding hydrogens is 232 g/mol. The van der Waals surface area contributed by atoms with Gasteiger partial charge in [-0.3, -0.25) is 4.79 Å². The lowest BCUT2D eigenvalue weighted by Crippen LogP contribution is -2.40. The Morgan fingerprint density at radius 2 is 1.82 bits per heavy atom. The molecule has 2 N–H and O–H groups in total. The van der Waals surface area contributed by atoms with Crippen LogP contribution in [0.15, 0.2) is 0 Å². The van der Waals surface area contributed by atoms with Gasteiger partial charge in [0.05, 0.1) is 4.99 Å². The minimum atomic E-state index is 0.274. The van der Waals surface area contributed by atoms with E-state index in [0.717, 1.165) is 32.2 Å². The topological polar surface area (TPSA) is 46.3 Å². The van der Waals surface area contributed by atoms with Gasteiger partial charge in [0.15, 0.2) is 0 Å². The van der Waals surface area contributed by atoms with Crippen LogP contribution in [0, 0.1) is 5.92 Å². The molecule has 96 valence electrons. The molecule has 0 atom stereocenters. The Kier molecular flexibility index (Phi) is 4.37. The maximum absolute atomic E-state index is 12.4. The standard InChI is InChI=1S/C13H22N2OS/c14-12(17)8-9-15(11-6-7-11)13(16)10-4-2-1-3-5-10/h10-11H,1-9H2,(H2,14,17). The molecule has 0 aromatic rings. The second-order valence-corrected chi connectivity index (χ2v) is 5.84. The summed E-state index contributed by atoms with van der Waals surface area (Å²) >= 11 is 4.90. The number of carbonyl (C=O) groups excluding carboxylic acids is 1. The Balaban J connectivity index is 1.89. The lowest BCUT2D eigenvalue weighted by molar-refractivity contribution is -0.137. The Morgan fingerprint density at radius 3 is 2.35 bits per heavy atom. The first-order valence-electron chi connectivity index (χ1n) is 6.77. The maximum atomic E-state index is 12.4. The molecule has 0 spiro atoms. The summed E-state index contributed by atoms with van der Waals surface area (Å²) < 4.78 is 0. The van der Waals surface area contributed by atoms with Crippen LogP contribution < -0.4 is 5.73 Å². The summed E-state index contributed by atoms with van der Waals surface area (Å²) in [4.78, 5) is 15.0. The molecule has 0 aromatic carbocycles. The Bertz CT molecular complexity index is 296. The van der Waals surface area contributed by atoms with Crippen LogP contribution >= 0.6 is 12.2 Å². The van der Waals surface area contributed by atoms with E-state index in [4.69, 9.17) is 18.0 Å². The summed E-state index contributed by atoms with van der Waals surface area (Å²) in [5.41, 5.74) is 5.53. The van der Waals surface area contributed by atoms with Crippen molar-refractivity contribution in [2.45, 2.75) is 57.4 Å². The van der Waals surface area contributed by atoms with Crippen molar-refractivity contribution < 1.29 is 4.79 Å². The SMILES string of the molecule is NC(=S)CCN(C(=O)C1CCCCC1)C1CC1. The van der Waals surface area contributed by atoms with Gasteiger partial charge in [-0.05, 0) is 25.7 Å². The van der Waals surface area contributed by atoms with Gasteiger partial charge >= 0.3 is 0 Å². The molecule has 4 heteroatoms. The van der Waals surface area contributed by atoms with Crippen molar-refractivity contribution in [3.63, 3.8) is 0 Å². The highest BCUT2D eigenvalue weighted by Crippen LogP contribution is 2.32. The van der Waals surface area contributed by atoms with Crippen molar-refractivity contribution in [3.8, 4) is 0 Å². The molecule has 0 unspecified atom stereocenters. The Hall–Kier alpha value is -0.640. The van der Waals surface area contributed by atoms with E-state index < -0.39 is 0 Å². The summed E-state index contributed by atoms with van der Waals surface area (Å²) in [6.07, 6.45) is 8.87. The molecule has 0 bridgehead atoms. The second kappa shape index (κ2) is 5.80. The molecule has 1 amide bonds. The van der Waals surface area contributed by atoms with Crippen molar-refractivity contribution in [2.24, 2.45) is 11.7 Å². The van der Waals surface area contributed by atoms with Crippen LogP contribution in [0.1, 0.15) is 51.4 Å². The summed E-state index contributed by atoms with van der Waals surface area (Å²) in [6.45, 7) is 0.731. The van der Waals surface area contributed by atoms with Gasteiger partial charge in [-0.1, -0.05) is 31.5 Å². The van der Waals surface area contributed by atoms with Gasteiger partial charge in [-0.25, -0.2) is 0 Å². The van der Waals surface area contributed by atoms with Gasteiger partial charge in [0.25, 0.3) is 0 Å². The van der Waals surface area contributed by atoms with Crippen molar-refractivity contribution in [1.82, 2.24) is 4.90 Å². The van der Waals surface area contributed by atoms with E-state index in [2.05, 4.69) is 4.90 Å². The highest BCUT2D eigenvalue weighted by molar-refractivity contribution is 7.80. The predicted octanol–water partition coefficient (Wildman–Crippen LogP) is 2.23. The van der Waals surface area contributed by atoms with Crippen LogP contribution in [0.4, 0.5) is 0 Å². The molecule has 2 aliphatic carbocycles. The number of carbonyl (C=O) groups is 1. The average molecular weight is 254 g/mol. The van der Waals surface area contributed by atoms with Gasteiger partial charge in [0.2, 0.25) is 5.91 Å². The van der Waals surface area contributed by atoms with Crippen molar-refractivity contribution >= 4 is 23.1 Å². The normalized spacial score (nSPS) is 21.2. The van der Waals surface area contributed by atoms with E-state index in [0.29, 0.717) is 23.4 Å². The monoisotopic (exact) mass is 254 g/mol. The zero-order chi connectivity index (χ0) is 12.3. The third kappa shape index (κ3) is 3.66. The van der Waals surface area contributed by atoms with Crippen LogP contribution in [-0.4, -0.2) is 28.4 Å². The zero-order valence-corrected chi connectivity index (χ0v) is 11.2. The lowest BCUT2D eigenvalue weighted by Gasteiger charge is -2.29. The van der Waals surface area contributed by atoms with Gasteiger partial charge in [0, 0.05) is 24.9 Å². The van der Waals surface area contributed by atoms with Gasteiger partial charge in [-0.15, -0.1) is 0 Å². The number of hydrogen-bond acceptors (Lipinski definition) is 2. The van der Waals surface area contributed by atoms with E-state index in [1.54, 1.807) is 0 Å². The molecule has 2 saturated carbocycles. The largest absolute Gasteiger partial charge is 0.393 e. The van der Waals surface area contributed by atoms with E-state index in [1.807, 2.05) is 0 Å². The van der Waals surface area contributed by atoms with E-state index >= 15 is 0 Å². The van der Waals surface area contributed by atoms with Crippen LogP contribution in [-0.2, 0) is 4.79 Å². The van der Waals surface area contributed by atoms with Crippen LogP contribution in [0.25, 0.3) is 0 Å². The number of hydrogen-bond donors (Lipinski definition) is 1. The fourth-order valence-electron chi connectivity index (χ4n) is 2.67. The lowest BCUT2D eigenvalue weighted by atomic mass is 9.88. The Labute approximate surface area is 109 Å². The number of amides is 1. The maximum Gasteiger partial charge on any atom is 0.225 e. The van der Waals surface area contributed by atoms with E-state index in [-0.39, 0.29) is 5.92 Å². The third-order valence-electron chi connectivity index (χ3n) is 3.82. The Morgan fingerprint density at radius 1 is 1.18 bits per heavy atom. The fraction of sp³-hybridized carbons (Fsp3) is 0.846. The molecule has 0 radical (unpaired) electrons. The minimum absolute atomic E-state index is 0.274. The number of thiocarbonyl (C=S) groups is 1. The van der Waals surface area contributed by atoms with E-state index in [9.17, 15) is 4.79 Å². The summed E-state index contributed by atoms with van der Waals surface area (Å²) in [6, 6.07) is 0.485. The highest BCUT2D eigenvalue weighted by Gasteiger charge is 2.35. The molecule has 0 aromatic heterocycles. The molecule has 3 nitrogen and oxygen atoms in total. The molecule has 17 heavy (non-hydrogen) atoms. The smallest absolute Gasteiger partial charge is 0.225 e. The average Bonchev–Trinajstić information content (AvgIpc) is 3.14.